The summed E-state index contributed by atoms with van der Waals surface area (Å²) in [4.78, 5) is 4.63. The molecule has 0 radical (unpaired) electrons. The molecule has 0 bridgehead atoms. The van der Waals surface area contributed by atoms with E-state index < -0.39 is 10.0 Å². The summed E-state index contributed by atoms with van der Waals surface area (Å²) in [5.74, 6) is 0.452. The second-order valence-electron chi connectivity index (χ2n) is 6.80. The third kappa shape index (κ3) is 4.31. The number of primary sulfonamides is 1. The Hall–Kier alpha value is -3.99. The molecule has 3 aromatic carbocycles. The van der Waals surface area contributed by atoms with Gasteiger partial charge in [-0.05, 0) is 35.4 Å². The van der Waals surface area contributed by atoms with Crippen LogP contribution in [-0.2, 0) is 10.0 Å². The lowest BCUT2D eigenvalue weighted by Crippen LogP contribution is -2.11. The van der Waals surface area contributed by atoms with Crippen molar-refractivity contribution in [1.29, 1.82) is 5.26 Å². The molecule has 0 aliphatic heterocycles. The zero-order valence-electron chi connectivity index (χ0n) is 16.4. The Bertz CT molecular complexity index is 1380. The molecule has 0 aliphatic carbocycles. The van der Waals surface area contributed by atoms with Gasteiger partial charge in [-0.15, -0.1) is 0 Å². The number of aromatic nitrogens is 1. The van der Waals surface area contributed by atoms with Crippen LogP contribution in [0.1, 0.15) is 11.1 Å². The van der Waals surface area contributed by atoms with Crippen molar-refractivity contribution >= 4 is 22.1 Å². The van der Waals surface area contributed by atoms with Gasteiger partial charge in [0.1, 0.15) is 11.6 Å². The summed E-state index contributed by atoms with van der Waals surface area (Å²) >= 11 is 0. The van der Waals surface area contributed by atoms with Gasteiger partial charge in [-0.3, -0.25) is 0 Å². The number of aliphatic imine (C=N–C) groups is 1. The quantitative estimate of drug-likeness (QED) is 0.478. The summed E-state index contributed by atoms with van der Waals surface area (Å²) in [6.07, 6.45) is 3.53. The van der Waals surface area contributed by atoms with Crippen molar-refractivity contribution in [3.63, 3.8) is 0 Å². The highest BCUT2D eigenvalue weighted by atomic mass is 32.2. The highest BCUT2D eigenvalue weighted by Gasteiger charge is 2.18. The van der Waals surface area contributed by atoms with E-state index in [0.717, 1.165) is 16.7 Å². The van der Waals surface area contributed by atoms with Gasteiger partial charge in [0.15, 0.2) is 5.82 Å². The molecule has 0 spiro atoms. The summed E-state index contributed by atoms with van der Waals surface area (Å²) in [5, 5.41) is 15.1. The van der Waals surface area contributed by atoms with Gasteiger partial charge < -0.3 is 4.57 Å². The third-order valence-electron chi connectivity index (χ3n) is 4.75. The van der Waals surface area contributed by atoms with Crippen molar-refractivity contribution in [2.75, 3.05) is 0 Å². The number of benzene rings is 3. The fourth-order valence-electron chi connectivity index (χ4n) is 3.24. The molecule has 0 saturated carbocycles. The molecule has 31 heavy (non-hydrogen) atoms. The molecule has 4 rings (SSSR count). The van der Waals surface area contributed by atoms with E-state index in [9.17, 15) is 13.7 Å². The normalized spacial score (nSPS) is 11.5. The van der Waals surface area contributed by atoms with Gasteiger partial charge in [-0.2, -0.15) is 5.26 Å². The van der Waals surface area contributed by atoms with Crippen LogP contribution in [0.4, 0.5) is 5.82 Å². The molecule has 1 heterocycles. The summed E-state index contributed by atoms with van der Waals surface area (Å²) in [5.41, 5.74) is 3.60. The highest BCUT2D eigenvalue weighted by molar-refractivity contribution is 7.89. The largest absolute Gasteiger partial charge is 0.300 e. The monoisotopic (exact) mass is 426 g/mol. The second kappa shape index (κ2) is 8.40. The molecule has 2 N–H and O–H groups in total. The molecule has 0 atom stereocenters. The summed E-state index contributed by atoms with van der Waals surface area (Å²) < 4.78 is 25.0. The van der Waals surface area contributed by atoms with E-state index in [2.05, 4.69) is 11.1 Å². The number of sulfonamides is 1. The van der Waals surface area contributed by atoms with Crippen LogP contribution in [0.5, 0.6) is 0 Å². The van der Waals surface area contributed by atoms with E-state index in [4.69, 9.17) is 5.14 Å². The molecule has 0 saturated heterocycles. The average Bonchev–Trinajstić information content (AvgIpc) is 3.17. The molecular formula is C24H18N4O2S. The maximum absolute atomic E-state index is 11.6. The van der Waals surface area contributed by atoms with Crippen LogP contribution in [0.2, 0.25) is 0 Å². The number of rotatable bonds is 5. The summed E-state index contributed by atoms with van der Waals surface area (Å²) in [7, 11) is -3.80. The van der Waals surface area contributed by atoms with E-state index >= 15 is 0 Å². The number of nitrogens with two attached hydrogens (primary N) is 1. The molecule has 0 unspecified atom stereocenters. The predicted molar refractivity (Wildman–Crippen MR) is 121 cm³/mol. The zero-order chi connectivity index (χ0) is 21.8. The molecule has 4 aromatic rings. The van der Waals surface area contributed by atoms with Crippen molar-refractivity contribution in [2.45, 2.75) is 4.90 Å². The number of nitrogens with zero attached hydrogens (tertiary/aromatic N) is 3. The van der Waals surface area contributed by atoms with E-state index in [1.165, 1.54) is 12.1 Å². The summed E-state index contributed by atoms with van der Waals surface area (Å²) in [6, 6.07) is 27.6. The molecule has 6 nitrogen and oxygen atoms in total. The first kappa shape index (κ1) is 20.3. The van der Waals surface area contributed by atoms with Gasteiger partial charge in [-0.1, -0.05) is 60.7 Å². The Morgan fingerprint density at radius 2 is 1.52 bits per heavy atom. The Balaban J connectivity index is 1.90. The minimum Gasteiger partial charge on any atom is -0.300 e. The Kier molecular flexibility index (Phi) is 5.50. The highest BCUT2D eigenvalue weighted by Crippen LogP contribution is 2.35. The van der Waals surface area contributed by atoms with Gasteiger partial charge in [0.25, 0.3) is 0 Å². The lowest BCUT2D eigenvalue weighted by molar-refractivity contribution is 0.598. The number of hydrogen-bond acceptors (Lipinski definition) is 4. The van der Waals surface area contributed by atoms with Gasteiger partial charge in [-0.25, -0.2) is 18.5 Å². The van der Waals surface area contributed by atoms with Crippen LogP contribution in [0.25, 0.3) is 16.8 Å². The maximum Gasteiger partial charge on any atom is 0.238 e. The maximum atomic E-state index is 11.6. The van der Waals surface area contributed by atoms with Crippen LogP contribution < -0.4 is 5.14 Å². The van der Waals surface area contributed by atoms with E-state index in [0.29, 0.717) is 17.1 Å². The molecule has 1 aromatic heterocycles. The molecule has 0 aliphatic rings. The molecular weight excluding hydrogens is 408 g/mol. The minimum atomic E-state index is -3.80. The van der Waals surface area contributed by atoms with E-state index in [-0.39, 0.29) is 4.90 Å². The predicted octanol–water partition coefficient (Wildman–Crippen LogP) is 4.41. The first-order chi connectivity index (χ1) is 15.0. The van der Waals surface area contributed by atoms with Gasteiger partial charge >= 0.3 is 0 Å². The lowest BCUT2D eigenvalue weighted by atomic mass is 10.1. The molecule has 152 valence electrons. The Morgan fingerprint density at radius 3 is 2.10 bits per heavy atom. The van der Waals surface area contributed by atoms with Crippen molar-refractivity contribution < 1.29 is 8.42 Å². The van der Waals surface area contributed by atoms with Crippen molar-refractivity contribution in [3.8, 4) is 22.9 Å². The smallest absolute Gasteiger partial charge is 0.238 e. The minimum absolute atomic E-state index is 0.0153. The van der Waals surface area contributed by atoms with Gasteiger partial charge in [0.2, 0.25) is 10.0 Å². The number of hydrogen-bond donors (Lipinski definition) is 1. The van der Waals surface area contributed by atoms with Crippen LogP contribution in [0.15, 0.2) is 101 Å². The zero-order valence-corrected chi connectivity index (χ0v) is 17.2. The SMILES string of the molecule is N#Cc1c(-c2ccccc2)cn(-c2ccc(S(N)(=O)=O)cc2)c1/N=C/c1ccccc1. The van der Waals surface area contributed by atoms with Crippen molar-refractivity contribution in [3.05, 3.63) is 102 Å². The van der Waals surface area contributed by atoms with Crippen molar-refractivity contribution in [1.82, 2.24) is 4.57 Å². The average molecular weight is 427 g/mol. The van der Waals surface area contributed by atoms with E-state index in [1.807, 2.05) is 66.9 Å². The molecule has 7 heteroatoms. The van der Waals surface area contributed by atoms with Crippen LogP contribution in [0.3, 0.4) is 0 Å². The van der Waals surface area contributed by atoms with Crippen molar-refractivity contribution in [2.24, 2.45) is 10.1 Å². The topological polar surface area (TPSA) is 101 Å². The first-order valence-electron chi connectivity index (χ1n) is 9.40. The molecule has 0 fully saturated rings. The van der Waals surface area contributed by atoms with Crippen LogP contribution >= 0.6 is 0 Å². The fourth-order valence-corrected chi connectivity index (χ4v) is 3.75. The number of nitriles is 1. The van der Waals surface area contributed by atoms with Gasteiger partial charge in [0, 0.05) is 23.7 Å². The Morgan fingerprint density at radius 1 is 0.903 bits per heavy atom. The molecule has 0 amide bonds. The first-order valence-corrected chi connectivity index (χ1v) is 11.0. The van der Waals surface area contributed by atoms with Gasteiger partial charge in [0.05, 0.1) is 4.90 Å². The fraction of sp³-hybridized carbons (Fsp3) is 0. The lowest BCUT2D eigenvalue weighted by Gasteiger charge is -2.07. The van der Waals surface area contributed by atoms with E-state index in [1.54, 1.807) is 22.9 Å². The second-order valence-corrected chi connectivity index (χ2v) is 8.36. The summed E-state index contributed by atoms with van der Waals surface area (Å²) in [6.45, 7) is 0. The standard InChI is InChI=1S/C24H18N4O2S/c25-15-22-23(19-9-5-2-6-10-19)17-28(20-11-13-21(14-12-20)31(26,29)30)24(22)27-16-18-7-3-1-4-8-18/h1-14,16-17H,(H2,26,29,30)/b27-16+. The Labute approximate surface area is 180 Å². The van der Waals surface area contributed by atoms with Crippen LogP contribution in [0, 0.1) is 11.3 Å². The van der Waals surface area contributed by atoms with Crippen LogP contribution in [-0.4, -0.2) is 19.2 Å². The third-order valence-corrected chi connectivity index (χ3v) is 5.68.